The lowest BCUT2D eigenvalue weighted by Crippen LogP contribution is -2.61. The normalized spacial score (nSPS) is 23.1. The minimum absolute atomic E-state index is 0.113. The van der Waals surface area contributed by atoms with E-state index in [-0.39, 0.29) is 18.0 Å². The highest BCUT2D eigenvalue weighted by Crippen LogP contribution is 2.30. The number of likely N-dealkylation sites (N-methyl/N-ethyl adjacent to an activating group) is 1. The van der Waals surface area contributed by atoms with Gasteiger partial charge in [-0.3, -0.25) is 4.90 Å². The van der Waals surface area contributed by atoms with Gasteiger partial charge in [-0.25, -0.2) is 0 Å². The molecule has 0 aliphatic carbocycles. The minimum atomic E-state index is -4.09. The highest BCUT2D eigenvalue weighted by atomic mass is 19.4. The molecule has 0 aromatic carbocycles. The molecule has 6 heteroatoms. The lowest BCUT2D eigenvalue weighted by atomic mass is 9.84. The minimum Gasteiger partial charge on any atom is -0.379 e. The molecule has 1 aliphatic heterocycles. The van der Waals surface area contributed by atoms with Crippen molar-refractivity contribution in [3.8, 4) is 0 Å². The fourth-order valence-corrected chi connectivity index (χ4v) is 2.84. The number of alkyl halides is 3. The smallest absolute Gasteiger partial charge is 0.379 e. The molecule has 0 amide bonds. The van der Waals surface area contributed by atoms with Gasteiger partial charge in [-0.1, -0.05) is 6.92 Å². The Hall–Kier alpha value is -0.330. The molecule has 1 heterocycles. The third-order valence-electron chi connectivity index (χ3n) is 4.26. The first-order chi connectivity index (χ1) is 8.83. The Kier molecular flexibility index (Phi) is 6.08. The molecule has 1 aliphatic rings. The molecule has 0 spiro atoms. The molecule has 2 atom stereocenters. The Morgan fingerprint density at radius 2 is 1.84 bits per heavy atom. The Balaban J connectivity index is 2.71. The van der Waals surface area contributed by atoms with Crippen LogP contribution in [0.25, 0.3) is 0 Å². The molecule has 0 aromatic rings. The zero-order valence-corrected chi connectivity index (χ0v) is 12.0. The van der Waals surface area contributed by atoms with E-state index in [1.165, 1.54) is 0 Å². The first-order valence-corrected chi connectivity index (χ1v) is 6.90. The summed E-state index contributed by atoms with van der Waals surface area (Å²) in [5.41, 5.74) is -0.260. The van der Waals surface area contributed by atoms with Gasteiger partial charge in [0.25, 0.3) is 0 Å². The second-order valence-corrected chi connectivity index (χ2v) is 5.31. The maximum atomic E-state index is 12.4. The van der Waals surface area contributed by atoms with E-state index in [0.717, 1.165) is 19.5 Å². The molecular weight excluding hydrogens is 257 g/mol. The lowest BCUT2D eigenvalue weighted by Gasteiger charge is -2.48. The van der Waals surface area contributed by atoms with Gasteiger partial charge in [0, 0.05) is 31.1 Å². The molecule has 1 fully saturated rings. The number of hydrogen-bond donors (Lipinski definition) is 1. The number of nitrogens with one attached hydrogen (secondary N) is 1. The van der Waals surface area contributed by atoms with Crippen LogP contribution in [0.1, 0.15) is 33.1 Å². The van der Waals surface area contributed by atoms with E-state index in [4.69, 9.17) is 4.74 Å². The van der Waals surface area contributed by atoms with E-state index >= 15 is 0 Å². The van der Waals surface area contributed by atoms with Crippen molar-refractivity contribution in [1.29, 1.82) is 0 Å². The van der Waals surface area contributed by atoms with Crippen molar-refractivity contribution in [1.82, 2.24) is 10.2 Å². The molecule has 19 heavy (non-hydrogen) atoms. The van der Waals surface area contributed by atoms with Crippen LogP contribution in [-0.2, 0) is 4.74 Å². The third kappa shape index (κ3) is 4.61. The van der Waals surface area contributed by atoms with Gasteiger partial charge in [0.1, 0.15) is 0 Å². The van der Waals surface area contributed by atoms with E-state index in [2.05, 4.69) is 17.1 Å². The highest BCUT2D eigenvalue weighted by molar-refractivity contribution is 4.96. The van der Waals surface area contributed by atoms with E-state index in [0.29, 0.717) is 13.2 Å². The highest BCUT2D eigenvalue weighted by Gasteiger charge is 2.40. The molecule has 0 saturated carbocycles. The average Bonchev–Trinajstić information content (AvgIpc) is 2.38. The van der Waals surface area contributed by atoms with E-state index < -0.39 is 12.6 Å². The van der Waals surface area contributed by atoms with Gasteiger partial charge in [0.05, 0.1) is 13.2 Å². The monoisotopic (exact) mass is 282 g/mol. The lowest BCUT2D eigenvalue weighted by molar-refractivity contribution is -0.139. The van der Waals surface area contributed by atoms with Crippen LogP contribution < -0.4 is 5.32 Å². The van der Waals surface area contributed by atoms with Gasteiger partial charge in [0.15, 0.2) is 0 Å². The van der Waals surface area contributed by atoms with Crippen LogP contribution >= 0.6 is 0 Å². The second kappa shape index (κ2) is 6.90. The van der Waals surface area contributed by atoms with Gasteiger partial charge in [-0.05, 0) is 26.8 Å². The van der Waals surface area contributed by atoms with E-state index in [1.807, 2.05) is 6.92 Å². The molecule has 1 saturated heterocycles. The van der Waals surface area contributed by atoms with Gasteiger partial charge in [-0.2, -0.15) is 13.2 Å². The Labute approximate surface area is 113 Å². The van der Waals surface area contributed by atoms with E-state index in [9.17, 15) is 13.2 Å². The molecule has 2 unspecified atom stereocenters. The molecule has 0 radical (unpaired) electrons. The summed E-state index contributed by atoms with van der Waals surface area (Å²) >= 11 is 0. The molecule has 1 N–H and O–H groups in total. The number of hydrogen-bond acceptors (Lipinski definition) is 3. The van der Waals surface area contributed by atoms with Gasteiger partial charge in [0.2, 0.25) is 0 Å². The summed E-state index contributed by atoms with van der Waals surface area (Å²) in [6, 6.07) is -0.169. The van der Waals surface area contributed by atoms with Crippen LogP contribution in [0.5, 0.6) is 0 Å². The van der Waals surface area contributed by atoms with Crippen molar-refractivity contribution in [2.75, 3.05) is 33.4 Å². The quantitative estimate of drug-likeness (QED) is 0.809. The Morgan fingerprint density at radius 3 is 2.26 bits per heavy atom. The summed E-state index contributed by atoms with van der Waals surface area (Å²) in [7, 11) is 1.75. The fraction of sp³-hybridized carbons (Fsp3) is 1.00. The molecule has 0 aromatic heterocycles. The standard InChI is InChI=1S/C13H25F3N2O/c1-4-12(2,18-7-9-19-10-8-18)11(17-3)5-6-13(14,15)16/h11,17H,4-10H2,1-3H3. The number of nitrogens with zero attached hydrogens (tertiary/aromatic N) is 1. The molecule has 3 nitrogen and oxygen atoms in total. The van der Waals surface area contributed by atoms with Crippen LogP contribution in [0.3, 0.4) is 0 Å². The second-order valence-electron chi connectivity index (χ2n) is 5.31. The topological polar surface area (TPSA) is 24.5 Å². The summed E-state index contributed by atoms with van der Waals surface area (Å²) in [6.07, 6.45) is -3.90. The SMILES string of the molecule is CCC(C)(C(CCC(F)(F)F)NC)N1CCOCC1. The molecular formula is C13H25F3N2O. The fourth-order valence-electron chi connectivity index (χ4n) is 2.84. The van der Waals surface area contributed by atoms with Crippen molar-refractivity contribution in [2.45, 2.75) is 50.9 Å². The maximum Gasteiger partial charge on any atom is 0.389 e. The van der Waals surface area contributed by atoms with Crippen molar-refractivity contribution < 1.29 is 17.9 Å². The number of halogens is 3. The van der Waals surface area contributed by atoms with E-state index in [1.54, 1.807) is 7.05 Å². The van der Waals surface area contributed by atoms with Crippen LogP contribution in [0.15, 0.2) is 0 Å². The summed E-state index contributed by atoms with van der Waals surface area (Å²) in [5, 5.41) is 3.08. The predicted octanol–water partition coefficient (Wildman–Crippen LogP) is 2.42. The van der Waals surface area contributed by atoms with Gasteiger partial charge in [-0.15, -0.1) is 0 Å². The molecule has 114 valence electrons. The zero-order valence-electron chi connectivity index (χ0n) is 12.0. The van der Waals surface area contributed by atoms with Gasteiger partial charge >= 0.3 is 6.18 Å². The maximum absolute atomic E-state index is 12.4. The summed E-state index contributed by atoms with van der Waals surface area (Å²) < 4.78 is 42.6. The van der Waals surface area contributed by atoms with Crippen molar-refractivity contribution in [3.05, 3.63) is 0 Å². The Bertz CT molecular complexity index is 267. The molecule has 1 rings (SSSR count). The van der Waals surface area contributed by atoms with Crippen molar-refractivity contribution in [3.63, 3.8) is 0 Å². The van der Waals surface area contributed by atoms with Crippen molar-refractivity contribution >= 4 is 0 Å². The van der Waals surface area contributed by atoms with Crippen LogP contribution in [0.2, 0.25) is 0 Å². The number of morpholine rings is 1. The van der Waals surface area contributed by atoms with Crippen molar-refractivity contribution in [2.24, 2.45) is 0 Å². The van der Waals surface area contributed by atoms with Crippen LogP contribution in [0.4, 0.5) is 13.2 Å². The first kappa shape index (κ1) is 16.7. The molecule has 0 bridgehead atoms. The third-order valence-corrected chi connectivity index (χ3v) is 4.26. The predicted molar refractivity (Wildman–Crippen MR) is 69.2 cm³/mol. The summed E-state index contributed by atoms with van der Waals surface area (Å²) in [5.74, 6) is 0. The first-order valence-electron chi connectivity index (χ1n) is 6.90. The number of rotatable bonds is 6. The number of ether oxygens (including phenoxy) is 1. The Morgan fingerprint density at radius 1 is 1.26 bits per heavy atom. The van der Waals surface area contributed by atoms with Crippen LogP contribution in [-0.4, -0.2) is 56.0 Å². The zero-order chi connectivity index (χ0) is 14.5. The summed E-state index contributed by atoms with van der Waals surface area (Å²) in [4.78, 5) is 2.26. The summed E-state index contributed by atoms with van der Waals surface area (Å²) in [6.45, 7) is 6.98. The van der Waals surface area contributed by atoms with Gasteiger partial charge < -0.3 is 10.1 Å². The average molecular weight is 282 g/mol. The largest absolute Gasteiger partial charge is 0.389 e. The van der Waals surface area contributed by atoms with Crippen LogP contribution in [0, 0.1) is 0 Å².